The highest BCUT2D eigenvalue weighted by molar-refractivity contribution is 6.31. The number of piperazine rings is 1. The molecule has 5 nitrogen and oxygen atoms in total. The number of aromatic nitrogens is 2. The highest BCUT2D eigenvalue weighted by Crippen LogP contribution is 2.28. The number of amides is 1. The molecular formula is C17H21ClN4O. The van der Waals surface area contributed by atoms with Crippen LogP contribution in [0.3, 0.4) is 0 Å². The number of nitrogens with one attached hydrogen (secondary N) is 1. The first-order valence-electron chi connectivity index (χ1n) is 7.89. The number of carbonyl (C=O) groups excluding carboxylic acids is 1. The number of rotatable bonds is 4. The second-order valence-electron chi connectivity index (χ2n) is 5.86. The summed E-state index contributed by atoms with van der Waals surface area (Å²) in [4.78, 5) is 14.6. The van der Waals surface area contributed by atoms with Crippen LogP contribution in [0.5, 0.6) is 0 Å². The Morgan fingerprint density at radius 1 is 1.43 bits per heavy atom. The van der Waals surface area contributed by atoms with Gasteiger partial charge in [-0.2, -0.15) is 5.10 Å². The summed E-state index contributed by atoms with van der Waals surface area (Å²) in [6.07, 6.45) is 4.21. The summed E-state index contributed by atoms with van der Waals surface area (Å²) >= 11 is 6.32. The van der Waals surface area contributed by atoms with E-state index in [9.17, 15) is 4.79 Å². The van der Waals surface area contributed by atoms with Gasteiger partial charge in [-0.3, -0.25) is 9.48 Å². The van der Waals surface area contributed by atoms with Crippen molar-refractivity contribution in [2.75, 3.05) is 19.6 Å². The van der Waals surface area contributed by atoms with Gasteiger partial charge in [-0.1, -0.05) is 29.8 Å². The molecule has 6 heteroatoms. The van der Waals surface area contributed by atoms with E-state index >= 15 is 0 Å². The molecule has 1 unspecified atom stereocenters. The van der Waals surface area contributed by atoms with Gasteiger partial charge in [0.05, 0.1) is 12.2 Å². The summed E-state index contributed by atoms with van der Waals surface area (Å²) in [6, 6.07) is 7.74. The summed E-state index contributed by atoms with van der Waals surface area (Å²) < 4.78 is 1.82. The lowest BCUT2D eigenvalue weighted by Crippen LogP contribution is -2.49. The fourth-order valence-electron chi connectivity index (χ4n) is 2.97. The van der Waals surface area contributed by atoms with Gasteiger partial charge in [-0.25, -0.2) is 0 Å². The molecule has 3 rings (SSSR count). The van der Waals surface area contributed by atoms with Gasteiger partial charge < -0.3 is 10.2 Å². The summed E-state index contributed by atoms with van der Waals surface area (Å²) in [7, 11) is 0. The van der Waals surface area contributed by atoms with Crippen molar-refractivity contribution in [1.82, 2.24) is 20.0 Å². The number of nitrogens with zero attached hydrogens (tertiary/aromatic N) is 3. The van der Waals surface area contributed by atoms with Crippen molar-refractivity contribution in [1.29, 1.82) is 0 Å². The monoisotopic (exact) mass is 332 g/mol. The van der Waals surface area contributed by atoms with E-state index in [1.165, 1.54) is 0 Å². The van der Waals surface area contributed by atoms with Gasteiger partial charge in [0.15, 0.2) is 0 Å². The maximum absolute atomic E-state index is 12.7. The largest absolute Gasteiger partial charge is 0.333 e. The number of hydrogen-bond donors (Lipinski definition) is 1. The van der Waals surface area contributed by atoms with E-state index in [2.05, 4.69) is 10.4 Å². The molecule has 1 atom stereocenters. The maximum atomic E-state index is 12.7. The molecule has 1 N–H and O–H groups in total. The Bertz CT molecular complexity index is 685. The van der Waals surface area contributed by atoms with Crippen LogP contribution in [-0.2, 0) is 11.3 Å². The van der Waals surface area contributed by atoms with Crippen LogP contribution in [0.15, 0.2) is 36.7 Å². The van der Waals surface area contributed by atoms with Crippen molar-refractivity contribution in [2.24, 2.45) is 0 Å². The lowest BCUT2D eigenvalue weighted by molar-refractivity contribution is -0.134. The smallest absolute Gasteiger partial charge is 0.225 e. The number of aryl methyl sites for hydroxylation is 2. The van der Waals surface area contributed by atoms with Gasteiger partial charge in [-0.05, 0) is 24.1 Å². The first kappa shape index (κ1) is 16.0. The van der Waals surface area contributed by atoms with E-state index in [0.29, 0.717) is 24.5 Å². The number of benzene rings is 1. The summed E-state index contributed by atoms with van der Waals surface area (Å²) in [5.41, 5.74) is 2.11. The molecule has 1 amide bonds. The van der Waals surface area contributed by atoms with Gasteiger partial charge in [-0.15, -0.1) is 0 Å². The lowest BCUT2D eigenvalue weighted by atomic mass is 10.0. The van der Waals surface area contributed by atoms with E-state index in [1.54, 1.807) is 0 Å². The van der Waals surface area contributed by atoms with Crippen molar-refractivity contribution in [3.05, 3.63) is 52.8 Å². The van der Waals surface area contributed by atoms with Crippen LogP contribution in [0.1, 0.15) is 23.6 Å². The molecular weight excluding hydrogens is 312 g/mol. The molecule has 23 heavy (non-hydrogen) atoms. The highest BCUT2D eigenvalue weighted by Gasteiger charge is 2.28. The van der Waals surface area contributed by atoms with Gasteiger partial charge >= 0.3 is 0 Å². The SMILES string of the molecule is Cc1cnn(CCC(=O)N2CCNCC2c2ccccc2Cl)c1. The van der Waals surface area contributed by atoms with Crippen LogP contribution < -0.4 is 5.32 Å². The molecule has 122 valence electrons. The van der Waals surface area contributed by atoms with Crippen LogP contribution in [-0.4, -0.2) is 40.2 Å². The average molecular weight is 333 g/mol. The Hall–Kier alpha value is -1.85. The molecule has 1 aromatic heterocycles. The quantitative estimate of drug-likeness (QED) is 0.935. The molecule has 0 radical (unpaired) electrons. The number of halogens is 1. The van der Waals surface area contributed by atoms with Crippen LogP contribution in [0.4, 0.5) is 0 Å². The summed E-state index contributed by atoms with van der Waals surface area (Å²) in [5.74, 6) is 0.143. The average Bonchev–Trinajstić information content (AvgIpc) is 2.99. The first-order valence-corrected chi connectivity index (χ1v) is 8.26. The minimum atomic E-state index is -0.00990. The molecule has 0 saturated carbocycles. The van der Waals surface area contributed by atoms with Gasteiger partial charge in [0.25, 0.3) is 0 Å². The van der Waals surface area contributed by atoms with Crippen molar-refractivity contribution in [2.45, 2.75) is 25.9 Å². The van der Waals surface area contributed by atoms with Crippen molar-refractivity contribution < 1.29 is 4.79 Å². The van der Waals surface area contributed by atoms with E-state index < -0.39 is 0 Å². The Morgan fingerprint density at radius 2 is 2.26 bits per heavy atom. The van der Waals surface area contributed by atoms with Crippen LogP contribution in [0, 0.1) is 6.92 Å². The first-order chi connectivity index (χ1) is 11.1. The topological polar surface area (TPSA) is 50.2 Å². The third-order valence-corrected chi connectivity index (χ3v) is 4.49. The van der Waals surface area contributed by atoms with E-state index in [1.807, 2.05) is 53.2 Å². The standard InChI is InChI=1S/C17H21ClN4O/c1-13-10-20-21(12-13)8-6-17(23)22-9-7-19-11-16(22)14-4-2-3-5-15(14)18/h2-5,10,12,16,19H,6-9,11H2,1H3. The molecule has 1 fully saturated rings. The van der Waals surface area contributed by atoms with Gasteiger partial charge in [0.2, 0.25) is 5.91 Å². The lowest BCUT2D eigenvalue weighted by Gasteiger charge is -2.37. The molecule has 2 aromatic rings. The third-order valence-electron chi connectivity index (χ3n) is 4.15. The minimum Gasteiger partial charge on any atom is -0.333 e. The second-order valence-corrected chi connectivity index (χ2v) is 6.27. The Balaban J connectivity index is 1.70. The molecule has 0 spiro atoms. The molecule has 0 bridgehead atoms. The number of carbonyl (C=O) groups is 1. The van der Waals surface area contributed by atoms with E-state index in [-0.39, 0.29) is 11.9 Å². The van der Waals surface area contributed by atoms with Gasteiger partial charge in [0, 0.05) is 43.8 Å². The fourth-order valence-corrected chi connectivity index (χ4v) is 3.23. The normalized spacial score (nSPS) is 18.2. The minimum absolute atomic E-state index is 0.00990. The van der Waals surface area contributed by atoms with Crippen molar-refractivity contribution in [3.8, 4) is 0 Å². The zero-order valence-corrected chi connectivity index (χ0v) is 14.0. The predicted octanol–water partition coefficient (Wildman–Crippen LogP) is 2.41. The van der Waals surface area contributed by atoms with E-state index in [0.717, 1.165) is 24.2 Å². The number of hydrogen-bond acceptors (Lipinski definition) is 3. The molecule has 1 aliphatic heterocycles. The zero-order valence-electron chi connectivity index (χ0n) is 13.2. The Labute approximate surface area is 141 Å². The van der Waals surface area contributed by atoms with Crippen LogP contribution >= 0.6 is 11.6 Å². The van der Waals surface area contributed by atoms with Crippen molar-refractivity contribution in [3.63, 3.8) is 0 Å². The van der Waals surface area contributed by atoms with Crippen LogP contribution in [0.25, 0.3) is 0 Å². The summed E-state index contributed by atoms with van der Waals surface area (Å²) in [6.45, 7) is 4.84. The molecule has 0 aliphatic carbocycles. The molecule has 2 heterocycles. The molecule has 1 saturated heterocycles. The van der Waals surface area contributed by atoms with E-state index in [4.69, 9.17) is 11.6 Å². The van der Waals surface area contributed by atoms with Crippen molar-refractivity contribution >= 4 is 17.5 Å². The van der Waals surface area contributed by atoms with Crippen LogP contribution in [0.2, 0.25) is 5.02 Å². The summed E-state index contributed by atoms with van der Waals surface area (Å²) in [5, 5.41) is 8.30. The van der Waals surface area contributed by atoms with Gasteiger partial charge in [0.1, 0.15) is 0 Å². The third kappa shape index (κ3) is 3.74. The molecule has 1 aliphatic rings. The fraction of sp³-hybridized carbons (Fsp3) is 0.412. The Morgan fingerprint density at radius 3 is 3.00 bits per heavy atom. The Kier molecular flexibility index (Phi) is 4.98. The maximum Gasteiger partial charge on any atom is 0.225 e. The predicted molar refractivity (Wildman–Crippen MR) is 90.4 cm³/mol. The second kappa shape index (κ2) is 7.15. The molecule has 1 aromatic carbocycles. The highest BCUT2D eigenvalue weighted by atomic mass is 35.5. The zero-order chi connectivity index (χ0) is 16.2.